The Morgan fingerprint density at radius 1 is 1.38 bits per heavy atom. The van der Waals surface area contributed by atoms with Gasteiger partial charge in [0, 0.05) is 4.88 Å². The Hall–Kier alpha value is -1.51. The number of fused-ring (bicyclic) bond motifs is 1. The van der Waals surface area contributed by atoms with E-state index >= 15 is 0 Å². The zero-order chi connectivity index (χ0) is 15.0. The van der Waals surface area contributed by atoms with Gasteiger partial charge >= 0.3 is 0 Å². The van der Waals surface area contributed by atoms with Crippen LogP contribution in [0.3, 0.4) is 0 Å². The molecule has 1 aromatic carbocycles. The van der Waals surface area contributed by atoms with E-state index in [0.717, 1.165) is 42.0 Å². The van der Waals surface area contributed by atoms with E-state index in [-0.39, 0.29) is 11.7 Å². The molecule has 0 fully saturated rings. The fraction of sp³-hybridized carbons (Fsp3) is 0.308. The van der Waals surface area contributed by atoms with Gasteiger partial charge in [0.2, 0.25) is 0 Å². The van der Waals surface area contributed by atoms with Crippen molar-refractivity contribution in [1.29, 1.82) is 0 Å². The predicted octanol–water partition coefficient (Wildman–Crippen LogP) is 2.06. The summed E-state index contributed by atoms with van der Waals surface area (Å²) in [5.74, 6) is -0.858. The van der Waals surface area contributed by atoms with Crippen molar-refractivity contribution < 1.29 is 17.9 Å². The molecule has 0 amide bonds. The molecule has 1 aliphatic carbocycles. The highest BCUT2D eigenvalue weighted by atomic mass is 32.2. The molecular formula is C13H13FN2O3S2. The molecule has 21 heavy (non-hydrogen) atoms. The number of nitrogens with zero attached hydrogens (tertiary/aromatic N) is 1. The first-order valence-corrected chi connectivity index (χ1v) is 8.70. The molecule has 112 valence electrons. The minimum absolute atomic E-state index is 0.258. The van der Waals surface area contributed by atoms with Crippen molar-refractivity contribution in [2.45, 2.75) is 30.8 Å². The number of aryl methyl sites for hydroxylation is 2. The molecular weight excluding hydrogens is 315 g/mol. The monoisotopic (exact) mass is 328 g/mol. The molecule has 0 spiro atoms. The number of rotatable bonds is 4. The molecule has 0 bridgehead atoms. The highest BCUT2D eigenvalue weighted by Crippen LogP contribution is 2.31. The highest BCUT2D eigenvalue weighted by Gasteiger charge is 2.23. The molecule has 3 rings (SSSR count). The Morgan fingerprint density at radius 3 is 2.90 bits per heavy atom. The van der Waals surface area contributed by atoms with Gasteiger partial charge in [-0.05, 0) is 37.0 Å². The van der Waals surface area contributed by atoms with Crippen LogP contribution in [0.4, 0.5) is 9.52 Å². The lowest BCUT2D eigenvalue weighted by Gasteiger charge is -2.07. The summed E-state index contributed by atoms with van der Waals surface area (Å²) in [6, 6.07) is 3.49. The van der Waals surface area contributed by atoms with E-state index in [4.69, 9.17) is 5.11 Å². The third-order valence-corrected chi connectivity index (χ3v) is 5.84. The summed E-state index contributed by atoms with van der Waals surface area (Å²) in [5.41, 5.74) is 1.25. The average Bonchev–Trinajstić information content (AvgIpc) is 2.99. The van der Waals surface area contributed by atoms with Crippen molar-refractivity contribution >= 4 is 26.5 Å². The van der Waals surface area contributed by atoms with E-state index in [1.165, 1.54) is 17.4 Å². The average molecular weight is 328 g/mol. The van der Waals surface area contributed by atoms with Crippen LogP contribution in [0.25, 0.3) is 0 Å². The van der Waals surface area contributed by atoms with E-state index in [1.54, 1.807) is 0 Å². The van der Waals surface area contributed by atoms with Crippen molar-refractivity contribution in [2.75, 3.05) is 4.72 Å². The standard InChI is InChI=1S/C13H13FN2O3S2/c14-9-5-4-8(7-17)6-12(9)21(18,19)16-13-15-10-2-1-3-11(10)20-13/h4-6,17H,1-3,7H2,(H,15,16). The molecule has 0 unspecified atom stereocenters. The number of thiazole rings is 1. The van der Waals surface area contributed by atoms with E-state index in [1.807, 2.05) is 0 Å². The van der Waals surface area contributed by atoms with Crippen LogP contribution < -0.4 is 4.72 Å². The second-order valence-electron chi connectivity index (χ2n) is 4.77. The molecule has 1 heterocycles. The molecule has 0 atom stereocenters. The number of aliphatic hydroxyl groups is 1. The van der Waals surface area contributed by atoms with Gasteiger partial charge in [-0.25, -0.2) is 17.8 Å². The number of aliphatic hydroxyl groups excluding tert-OH is 1. The molecule has 2 aromatic rings. The van der Waals surface area contributed by atoms with Crippen molar-refractivity contribution in [3.05, 3.63) is 40.2 Å². The summed E-state index contributed by atoms with van der Waals surface area (Å²) < 4.78 is 40.6. The van der Waals surface area contributed by atoms with Gasteiger partial charge in [-0.15, -0.1) is 11.3 Å². The predicted molar refractivity (Wildman–Crippen MR) is 77.3 cm³/mol. The van der Waals surface area contributed by atoms with Gasteiger partial charge in [0.25, 0.3) is 10.0 Å². The second kappa shape index (κ2) is 5.36. The van der Waals surface area contributed by atoms with Crippen LogP contribution in [0, 0.1) is 5.82 Å². The number of halogens is 1. The molecule has 8 heteroatoms. The van der Waals surface area contributed by atoms with E-state index in [0.29, 0.717) is 5.56 Å². The third-order valence-electron chi connectivity index (χ3n) is 3.29. The Morgan fingerprint density at radius 2 is 2.19 bits per heavy atom. The van der Waals surface area contributed by atoms with E-state index in [9.17, 15) is 12.8 Å². The lowest BCUT2D eigenvalue weighted by molar-refractivity contribution is 0.281. The SMILES string of the molecule is O=S(=O)(Nc1nc2c(s1)CCC2)c1cc(CO)ccc1F. The van der Waals surface area contributed by atoms with Crippen LogP contribution in [-0.2, 0) is 29.5 Å². The Labute approximate surface area is 125 Å². The summed E-state index contributed by atoms with van der Waals surface area (Å²) in [6.07, 6.45) is 2.79. The van der Waals surface area contributed by atoms with Crippen LogP contribution in [-0.4, -0.2) is 18.5 Å². The molecule has 2 N–H and O–H groups in total. The number of hydrogen-bond donors (Lipinski definition) is 2. The van der Waals surface area contributed by atoms with Gasteiger partial charge in [0.15, 0.2) is 5.13 Å². The maximum absolute atomic E-state index is 13.7. The summed E-state index contributed by atoms with van der Waals surface area (Å²) >= 11 is 1.29. The third kappa shape index (κ3) is 2.78. The topological polar surface area (TPSA) is 79.3 Å². The maximum atomic E-state index is 13.7. The number of sulfonamides is 1. The first-order valence-electron chi connectivity index (χ1n) is 6.40. The minimum Gasteiger partial charge on any atom is -0.392 e. The zero-order valence-electron chi connectivity index (χ0n) is 11.0. The number of nitrogens with one attached hydrogen (secondary N) is 1. The summed E-state index contributed by atoms with van der Waals surface area (Å²) in [5, 5.41) is 9.30. The van der Waals surface area contributed by atoms with Gasteiger partial charge < -0.3 is 5.11 Å². The number of hydrogen-bond acceptors (Lipinski definition) is 5. The lowest BCUT2D eigenvalue weighted by Crippen LogP contribution is -2.15. The Balaban J connectivity index is 1.92. The first kappa shape index (κ1) is 14.4. The minimum atomic E-state index is -4.05. The lowest BCUT2D eigenvalue weighted by atomic mass is 10.2. The smallest absolute Gasteiger partial charge is 0.266 e. The van der Waals surface area contributed by atoms with Crippen LogP contribution in [0.15, 0.2) is 23.1 Å². The number of anilines is 1. The van der Waals surface area contributed by atoms with Crippen LogP contribution >= 0.6 is 11.3 Å². The van der Waals surface area contributed by atoms with E-state index in [2.05, 4.69) is 9.71 Å². The Bertz CT molecular complexity index is 765. The van der Waals surface area contributed by atoms with Crippen molar-refractivity contribution in [3.8, 4) is 0 Å². The molecule has 5 nitrogen and oxygen atoms in total. The molecule has 0 radical (unpaired) electrons. The fourth-order valence-electron chi connectivity index (χ4n) is 2.26. The second-order valence-corrected chi connectivity index (χ2v) is 7.51. The van der Waals surface area contributed by atoms with Crippen LogP contribution in [0.5, 0.6) is 0 Å². The van der Waals surface area contributed by atoms with Gasteiger partial charge in [-0.3, -0.25) is 4.72 Å². The fourth-order valence-corrected chi connectivity index (χ4v) is 4.67. The van der Waals surface area contributed by atoms with Crippen molar-refractivity contribution in [1.82, 2.24) is 4.98 Å². The summed E-state index contributed by atoms with van der Waals surface area (Å²) in [6.45, 7) is -0.353. The molecule has 0 saturated heterocycles. The normalized spacial score (nSPS) is 14.2. The quantitative estimate of drug-likeness (QED) is 0.900. The van der Waals surface area contributed by atoms with Crippen LogP contribution in [0.2, 0.25) is 0 Å². The zero-order valence-corrected chi connectivity index (χ0v) is 12.6. The number of benzene rings is 1. The summed E-state index contributed by atoms with van der Waals surface area (Å²) in [7, 11) is -4.05. The van der Waals surface area contributed by atoms with Gasteiger partial charge in [-0.2, -0.15) is 0 Å². The summed E-state index contributed by atoms with van der Waals surface area (Å²) in [4.78, 5) is 4.83. The van der Waals surface area contributed by atoms with Gasteiger partial charge in [0.1, 0.15) is 10.7 Å². The van der Waals surface area contributed by atoms with Gasteiger partial charge in [0.05, 0.1) is 12.3 Å². The molecule has 0 aliphatic heterocycles. The largest absolute Gasteiger partial charge is 0.392 e. The van der Waals surface area contributed by atoms with Crippen molar-refractivity contribution in [2.24, 2.45) is 0 Å². The highest BCUT2D eigenvalue weighted by molar-refractivity contribution is 7.93. The Kier molecular flexibility index (Phi) is 3.68. The molecule has 1 aliphatic rings. The van der Waals surface area contributed by atoms with Crippen LogP contribution in [0.1, 0.15) is 22.6 Å². The maximum Gasteiger partial charge on any atom is 0.266 e. The van der Waals surface area contributed by atoms with Crippen molar-refractivity contribution in [3.63, 3.8) is 0 Å². The molecule has 1 aromatic heterocycles. The first-order chi connectivity index (χ1) is 9.99. The molecule has 0 saturated carbocycles. The van der Waals surface area contributed by atoms with Gasteiger partial charge in [-0.1, -0.05) is 6.07 Å². The number of aromatic nitrogens is 1. The van der Waals surface area contributed by atoms with E-state index < -0.39 is 20.7 Å².